The summed E-state index contributed by atoms with van der Waals surface area (Å²) in [5.41, 5.74) is 7.39. The number of nitrogen functional groups attached to an aromatic ring is 1. The van der Waals surface area contributed by atoms with E-state index in [1.165, 1.54) is 6.20 Å². The smallest absolute Gasteiger partial charge is 0.153 e. The molecular formula is C12H11ClN2O. The number of hydrogen-bond donors (Lipinski definition) is 1. The number of aryl methyl sites for hydroxylation is 1. The largest absolute Gasteiger partial charge is 0.453 e. The summed E-state index contributed by atoms with van der Waals surface area (Å²) in [5.74, 6) is 1.19. The number of benzene rings is 1. The first kappa shape index (κ1) is 10.8. The minimum Gasteiger partial charge on any atom is -0.453 e. The molecule has 82 valence electrons. The molecule has 0 aliphatic carbocycles. The average Bonchev–Trinajstić information content (AvgIpc) is 2.26. The van der Waals surface area contributed by atoms with E-state index >= 15 is 0 Å². The highest BCUT2D eigenvalue weighted by Crippen LogP contribution is 2.33. The Morgan fingerprint density at radius 1 is 1.31 bits per heavy atom. The fraction of sp³-hybridized carbons (Fsp3) is 0.0833. The summed E-state index contributed by atoms with van der Waals surface area (Å²) in [6.07, 6.45) is 3.15. The van der Waals surface area contributed by atoms with Crippen LogP contribution in [0.15, 0.2) is 36.7 Å². The molecule has 4 heteroatoms. The molecule has 2 aromatic rings. The summed E-state index contributed by atoms with van der Waals surface area (Å²) in [4.78, 5) is 3.89. The van der Waals surface area contributed by atoms with E-state index in [1.54, 1.807) is 18.3 Å². The van der Waals surface area contributed by atoms with Crippen molar-refractivity contribution in [3.05, 3.63) is 47.2 Å². The number of rotatable bonds is 2. The molecule has 0 fully saturated rings. The molecule has 0 saturated heterocycles. The Kier molecular flexibility index (Phi) is 2.97. The molecule has 2 N–H and O–H groups in total. The van der Waals surface area contributed by atoms with E-state index in [0.717, 1.165) is 5.56 Å². The first-order chi connectivity index (χ1) is 7.68. The number of nitrogens with two attached hydrogens (primary N) is 1. The zero-order valence-electron chi connectivity index (χ0n) is 8.77. The van der Waals surface area contributed by atoms with Gasteiger partial charge < -0.3 is 10.5 Å². The molecule has 0 bridgehead atoms. The van der Waals surface area contributed by atoms with Crippen LogP contribution >= 0.6 is 11.6 Å². The number of nitrogens with zero attached hydrogens (tertiary/aromatic N) is 1. The molecule has 0 atom stereocenters. The third kappa shape index (κ3) is 2.09. The van der Waals surface area contributed by atoms with Crippen molar-refractivity contribution in [2.45, 2.75) is 6.92 Å². The lowest BCUT2D eigenvalue weighted by atomic mass is 10.2. The number of hydrogen-bond acceptors (Lipinski definition) is 3. The number of para-hydroxylation sites is 1. The minimum atomic E-state index is 0.463. The third-order valence-corrected chi connectivity index (χ3v) is 2.47. The summed E-state index contributed by atoms with van der Waals surface area (Å²) in [5, 5.41) is 0.463. The van der Waals surface area contributed by atoms with Crippen LogP contribution in [0.3, 0.4) is 0 Å². The van der Waals surface area contributed by atoms with Gasteiger partial charge in [-0.1, -0.05) is 23.7 Å². The predicted molar refractivity (Wildman–Crippen MR) is 64.9 cm³/mol. The molecule has 16 heavy (non-hydrogen) atoms. The quantitative estimate of drug-likeness (QED) is 0.810. The van der Waals surface area contributed by atoms with Gasteiger partial charge >= 0.3 is 0 Å². The summed E-state index contributed by atoms with van der Waals surface area (Å²) < 4.78 is 5.67. The zero-order chi connectivity index (χ0) is 11.5. The van der Waals surface area contributed by atoms with Crippen molar-refractivity contribution in [1.82, 2.24) is 4.98 Å². The number of halogens is 1. The number of pyridine rings is 1. The van der Waals surface area contributed by atoms with E-state index in [1.807, 2.05) is 19.1 Å². The molecule has 1 aromatic carbocycles. The molecule has 1 heterocycles. The van der Waals surface area contributed by atoms with E-state index in [9.17, 15) is 0 Å². The van der Waals surface area contributed by atoms with Crippen LogP contribution in [-0.4, -0.2) is 4.98 Å². The van der Waals surface area contributed by atoms with Crippen molar-refractivity contribution in [3.8, 4) is 11.5 Å². The van der Waals surface area contributed by atoms with Crippen molar-refractivity contribution in [2.24, 2.45) is 0 Å². The van der Waals surface area contributed by atoms with Gasteiger partial charge in [0.2, 0.25) is 0 Å². The molecule has 0 saturated carbocycles. The Balaban J connectivity index is 2.38. The van der Waals surface area contributed by atoms with Crippen LogP contribution in [0.1, 0.15) is 5.56 Å². The van der Waals surface area contributed by atoms with Gasteiger partial charge in [0.15, 0.2) is 5.75 Å². The lowest BCUT2D eigenvalue weighted by Crippen LogP contribution is -1.94. The van der Waals surface area contributed by atoms with Crippen LogP contribution in [-0.2, 0) is 0 Å². The van der Waals surface area contributed by atoms with Crippen LogP contribution in [0.5, 0.6) is 11.5 Å². The second-order valence-corrected chi connectivity index (χ2v) is 3.81. The predicted octanol–water partition coefficient (Wildman–Crippen LogP) is 3.42. The van der Waals surface area contributed by atoms with Gasteiger partial charge in [-0.25, -0.2) is 0 Å². The standard InChI is InChI=1S/C12H11ClN2O/c1-8-3-2-4-10(14)12(8)16-11-5-6-15-7-9(11)13/h2-7H,14H2,1H3. The lowest BCUT2D eigenvalue weighted by Gasteiger charge is -2.11. The highest BCUT2D eigenvalue weighted by molar-refractivity contribution is 6.31. The molecule has 0 unspecified atom stereocenters. The zero-order valence-corrected chi connectivity index (χ0v) is 9.53. The Labute approximate surface area is 98.8 Å². The van der Waals surface area contributed by atoms with Gasteiger partial charge in [-0.2, -0.15) is 0 Å². The van der Waals surface area contributed by atoms with Gasteiger partial charge in [0.25, 0.3) is 0 Å². The monoisotopic (exact) mass is 234 g/mol. The lowest BCUT2D eigenvalue weighted by molar-refractivity contribution is 0.481. The summed E-state index contributed by atoms with van der Waals surface area (Å²) in [7, 11) is 0. The summed E-state index contributed by atoms with van der Waals surface area (Å²) in [6.45, 7) is 1.93. The van der Waals surface area contributed by atoms with E-state index in [4.69, 9.17) is 22.1 Å². The van der Waals surface area contributed by atoms with E-state index < -0.39 is 0 Å². The second kappa shape index (κ2) is 4.41. The summed E-state index contributed by atoms with van der Waals surface area (Å²) in [6, 6.07) is 7.30. The Hall–Kier alpha value is -1.74. The van der Waals surface area contributed by atoms with Gasteiger partial charge in [-0.15, -0.1) is 0 Å². The number of anilines is 1. The van der Waals surface area contributed by atoms with Crippen LogP contribution < -0.4 is 10.5 Å². The molecule has 0 amide bonds. The van der Waals surface area contributed by atoms with Crippen LogP contribution in [0.25, 0.3) is 0 Å². The highest BCUT2D eigenvalue weighted by Gasteiger charge is 2.07. The fourth-order valence-corrected chi connectivity index (χ4v) is 1.53. The topological polar surface area (TPSA) is 48.1 Å². The Morgan fingerprint density at radius 3 is 2.81 bits per heavy atom. The van der Waals surface area contributed by atoms with Gasteiger partial charge in [-0.3, -0.25) is 4.98 Å². The van der Waals surface area contributed by atoms with E-state index in [2.05, 4.69) is 4.98 Å². The van der Waals surface area contributed by atoms with Crippen molar-refractivity contribution in [3.63, 3.8) is 0 Å². The van der Waals surface area contributed by atoms with Crippen LogP contribution in [0.2, 0.25) is 5.02 Å². The molecule has 1 aromatic heterocycles. The van der Waals surface area contributed by atoms with Gasteiger partial charge in [0.05, 0.1) is 5.69 Å². The SMILES string of the molecule is Cc1cccc(N)c1Oc1ccncc1Cl. The molecule has 0 aliphatic rings. The highest BCUT2D eigenvalue weighted by atomic mass is 35.5. The maximum atomic E-state index is 5.95. The third-order valence-electron chi connectivity index (χ3n) is 2.19. The van der Waals surface area contributed by atoms with Gasteiger partial charge in [-0.05, 0) is 18.6 Å². The molecule has 0 radical (unpaired) electrons. The average molecular weight is 235 g/mol. The normalized spacial score (nSPS) is 10.1. The van der Waals surface area contributed by atoms with Gasteiger partial charge in [0, 0.05) is 18.5 Å². The second-order valence-electron chi connectivity index (χ2n) is 3.40. The van der Waals surface area contributed by atoms with Crippen LogP contribution in [0.4, 0.5) is 5.69 Å². The maximum absolute atomic E-state index is 5.95. The number of ether oxygens (including phenoxy) is 1. The van der Waals surface area contributed by atoms with Gasteiger partial charge in [0.1, 0.15) is 10.8 Å². The first-order valence-corrected chi connectivity index (χ1v) is 5.18. The Morgan fingerprint density at radius 2 is 2.12 bits per heavy atom. The van der Waals surface area contributed by atoms with E-state index in [0.29, 0.717) is 22.2 Å². The number of aromatic nitrogens is 1. The van der Waals surface area contributed by atoms with E-state index in [-0.39, 0.29) is 0 Å². The first-order valence-electron chi connectivity index (χ1n) is 4.81. The van der Waals surface area contributed by atoms with Crippen molar-refractivity contribution < 1.29 is 4.74 Å². The van der Waals surface area contributed by atoms with Crippen LogP contribution in [0, 0.1) is 6.92 Å². The summed E-state index contributed by atoms with van der Waals surface area (Å²) >= 11 is 5.95. The molecular weight excluding hydrogens is 224 g/mol. The maximum Gasteiger partial charge on any atom is 0.153 e. The van der Waals surface area contributed by atoms with Crippen molar-refractivity contribution in [1.29, 1.82) is 0 Å². The fourth-order valence-electron chi connectivity index (χ4n) is 1.37. The van der Waals surface area contributed by atoms with Crippen molar-refractivity contribution >= 4 is 17.3 Å². The molecule has 0 aliphatic heterocycles. The molecule has 3 nitrogen and oxygen atoms in total. The minimum absolute atomic E-state index is 0.463. The molecule has 0 spiro atoms. The van der Waals surface area contributed by atoms with Crippen molar-refractivity contribution in [2.75, 3.05) is 5.73 Å². The molecule has 2 rings (SSSR count). The Bertz CT molecular complexity index is 494.